The third-order valence-corrected chi connectivity index (χ3v) is 6.31. The predicted molar refractivity (Wildman–Crippen MR) is 112 cm³/mol. The van der Waals surface area contributed by atoms with Crippen LogP contribution < -0.4 is 5.32 Å². The van der Waals surface area contributed by atoms with Crippen LogP contribution in [0.25, 0.3) is 10.2 Å². The molecule has 0 spiro atoms. The van der Waals surface area contributed by atoms with Crippen molar-refractivity contribution in [2.24, 2.45) is 0 Å². The van der Waals surface area contributed by atoms with Crippen LogP contribution in [0.4, 0.5) is 0 Å². The topological polar surface area (TPSA) is 62.3 Å². The molecule has 0 unspecified atom stereocenters. The number of amides is 2. The zero-order valence-corrected chi connectivity index (χ0v) is 16.7. The van der Waals surface area contributed by atoms with Crippen LogP contribution in [-0.4, -0.2) is 41.3 Å². The SMILES string of the molecule is Cc1cccc(C(=O)NCC(=O)N2CCC[C@H](c3nc4ccccc4s3)C2)c1. The van der Waals surface area contributed by atoms with E-state index >= 15 is 0 Å². The van der Waals surface area contributed by atoms with Gasteiger partial charge in [-0.1, -0.05) is 29.8 Å². The number of aromatic nitrogens is 1. The van der Waals surface area contributed by atoms with Crippen molar-refractivity contribution in [1.82, 2.24) is 15.2 Å². The predicted octanol–water partition coefficient (Wildman–Crippen LogP) is 3.74. The van der Waals surface area contributed by atoms with Crippen LogP contribution in [0, 0.1) is 6.92 Å². The van der Waals surface area contributed by atoms with E-state index in [0.717, 1.165) is 35.5 Å². The number of nitrogens with one attached hydrogen (secondary N) is 1. The highest BCUT2D eigenvalue weighted by atomic mass is 32.1. The third kappa shape index (κ3) is 4.07. The Labute approximate surface area is 168 Å². The molecular weight excluding hydrogens is 370 g/mol. The highest BCUT2D eigenvalue weighted by molar-refractivity contribution is 7.18. The number of nitrogens with zero attached hydrogens (tertiary/aromatic N) is 2. The van der Waals surface area contributed by atoms with Gasteiger partial charge in [0.25, 0.3) is 5.91 Å². The lowest BCUT2D eigenvalue weighted by molar-refractivity contribution is -0.131. The van der Waals surface area contributed by atoms with Crippen molar-refractivity contribution in [3.05, 3.63) is 64.7 Å². The summed E-state index contributed by atoms with van der Waals surface area (Å²) < 4.78 is 1.19. The number of carbonyl (C=O) groups excluding carboxylic acids is 2. The Morgan fingerprint density at radius 2 is 2.07 bits per heavy atom. The van der Waals surface area contributed by atoms with Crippen LogP contribution in [0.5, 0.6) is 0 Å². The number of likely N-dealkylation sites (tertiary alicyclic amines) is 1. The molecule has 0 aliphatic carbocycles. The summed E-state index contributed by atoms with van der Waals surface area (Å²) in [5, 5.41) is 3.86. The fourth-order valence-corrected chi connectivity index (χ4v) is 4.72. The average Bonchev–Trinajstić information content (AvgIpc) is 3.16. The van der Waals surface area contributed by atoms with Crippen molar-refractivity contribution in [3.8, 4) is 0 Å². The molecule has 1 aliphatic heterocycles. The normalized spacial score (nSPS) is 16.9. The molecule has 4 rings (SSSR count). The highest BCUT2D eigenvalue weighted by Gasteiger charge is 2.27. The van der Waals surface area contributed by atoms with Crippen LogP contribution >= 0.6 is 11.3 Å². The Morgan fingerprint density at radius 3 is 2.89 bits per heavy atom. The molecule has 6 heteroatoms. The van der Waals surface area contributed by atoms with Crippen molar-refractivity contribution in [2.45, 2.75) is 25.7 Å². The fraction of sp³-hybridized carbons (Fsp3) is 0.318. The lowest BCUT2D eigenvalue weighted by atomic mass is 9.98. The Bertz CT molecular complexity index is 981. The van der Waals surface area contributed by atoms with Crippen LogP contribution in [0.3, 0.4) is 0 Å². The van der Waals surface area contributed by atoms with Crippen molar-refractivity contribution in [2.75, 3.05) is 19.6 Å². The lowest BCUT2D eigenvalue weighted by Crippen LogP contribution is -2.44. The van der Waals surface area contributed by atoms with Gasteiger partial charge in [0.2, 0.25) is 5.91 Å². The lowest BCUT2D eigenvalue weighted by Gasteiger charge is -2.32. The summed E-state index contributed by atoms with van der Waals surface area (Å²) in [6.07, 6.45) is 2.00. The largest absolute Gasteiger partial charge is 0.343 e. The molecule has 3 aromatic rings. The second-order valence-electron chi connectivity index (χ2n) is 7.25. The first-order valence-electron chi connectivity index (χ1n) is 9.58. The third-order valence-electron chi connectivity index (χ3n) is 5.11. The Hall–Kier alpha value is -2.73. The monoisotopic (exact) mass is 393 g/mol. The molecule has 144 valence electrons. The summed E-state index contributed by atoms with van der Waals surface area (Å²) in [5.41, 5.74) is 2.63. The number of carbonyl (C=O) groups is 2. The van der Waals surface area contributed by atoms with E-state index in [1.54, 1.807) is 17.4 Å². The van der Waals surface area contributed by atoms with E-state index in [0.29, 0.717) is 12.1 Å². The second kappa shape index (κ2) is 8.10. The zero-order chi connectivity index (χ0) is 19.5. The van der Waals surface area contributed by atoms with E-state index in [-0.39, 0.29) is 24.3 Å². The summed E-state index contributed by atoms with van der Waals surface area (Å²) in [5.74, 6) is 0.0196. The number of hydrogen-bond donors (Lipinski definition) is 1. The Morgan fingerprint density at radius 1 is 1.21 bits per heavy atom. The van der Waals surface area contributed by atoms with E-state index in [1.807, 2.05) is 48.2 Å². The number of thiazole rings is 1. The van der Waals surface area contributed by atoms with Gasteiger partial charge in [-0.05, 0) is 44.0 Å². The molecule has 1 atom stereocenters. The number of fused-ring (bicyclic) bond motifs is 1. The number of aryl methyl sites for hydroxylation is 1. The maximum absolute atomic E-state index is 12.6. The number of rotatable bonds is 4. The number of para-hydroxylation sites is 1. The maximum atomic E-state index is 12.6. The summed E-state index contributed by atoms with van der Waals surface area (Å²) >= 11 is 1.72. The minimum atomic E-state index is -0.211. The molecular formula is C22H23N3O2S. The summed E-state index contributed by atoms with van der Waals surface area (Å²) in [4.78, 5) is 31.5. The number of piperidine rings is 1. The van der Waals surface area contributed by atoms with Crippen LogP contribution in [-0.2, 0) is 4.79 Å². The van der Waals surface area contributed by atoms with Gasteiger partial charge in [-0.25, -0.2) is 4.98 Å². The van der Waals surface area contributed by atoms with Crippen molar-refractivity contribution >= 4 is 33.4 Å². The second-order valence-corrected chi connectivity index (χ2v) is 8.31. The van der Waals surface area contributed by atoms with Gasteiger partial charge < -0.3 is 10.2 Å². The molecule has 1 fully saturated rings. The van der Waals surface area contributed by atoms with E-state index in [4.69, 9.17) is 4.98 Å². The average molecular weight is 394 g/mol. The maximum Gasteiger partial charge on any atom is 0.251 e. The Kier molecular flexibility index (Phi) is 5.39. The molecule has 5 nitrogen and oxygen atoms in total. The van der Waals surface area contributed by atoms with E-state index in [2.05, 4.69) is 11.4 Å². The van der Waals surface area contributed by atoms with Gasteiger partial charge in [0.1, 0.15) is 0 Å². The minimum Gasteiger partial charge on any atom is -0.343 e. The van der Waals surface area contributed by atoms with Crippen molar-refractivity contribution < 1.29 is 9.59 Å². The van der Waals surface area contributed by atoms with Crippen LogP contribution in [0.2, 0.25) is 0 Å². The minimum absolute atomic E-state index is 0.0271. The fourth-order valence-electron chi connectivity index (χ4n) is 3.63. The van der Waals surface area contributed by atoms with Gasteiger partial charge in [0.15, 0.2) is 0 Å². The molecule has 2 heterocycles. The van der Waals surface area contributed by atoms with Crippen molar-refractivity contribution in [1.29, 1.82) is 0 Å². The molecule has 1 aliphatic rings. The number of hydrogen-bond acceptors (Lipinski definition) is 4. The van der Waals surface area contributed by atoms with E-state index in [9.17, 15) is 9.59 Å². The summed E-state index contributed by atoms with van der Waals surface area (Å²) in [7, 11) is 0. The Balaban J connectivity index is 1.37. The summed E-state index contributed by atoms with van der Waals surface area (Å²) in [6.45, 7) is 3.37. The van der Waals surface area contributed by atoms with Crippen molar-refractivity contribution in [3.63, 3.8) is 0 Å². The van der Waals surface area contributed by atoms with Gasteiger partial charge in [-0.3, -0.25) is 9.59 Å². The van der Waals surface area contributed by atoms with Crippen LogP contribution in [0.1, 0.15) is 39.7 Å². The first kappa shape index (κ1) is 18.6. The standard InChI is InChI=1S/C22H23N3O2S/c1-15-6-4-7-16(12-15)21(27)23-13-20(26)25-11-5-8-17(14-25)22-24-18-9-2-3-10-19(18)28-22/h2-4,6-7,9-10,12,17H,5,8,11,13-14H2,1H3,(H,23,27)/t17-/m0/s1. The molecule has 2 amide bonds. The number of benzene rings is 2. The molecule has 1 N–H and O–H groups in total. The smallest absolute Gasteiger partial charge is 0.251 e. The first-order chi connectivity index (χ1) is 13.6. The van der Waals surface area contributed by atoms with Gasteiger partial charge in [-0.2, -0.15) is 0 Å². The molecule has 1 aromatic heterocycles. The zero-order valence-electron chi connectivity index (χ0n) is 15.9. The quantitative estimate of drug-likeness (QED) is 0.734. The van der Waals surface area contributed by atoms with Gasteiger partial charge in [0.05, 0.1) is 21.8 Å². The molecule has 28 heavy (non-hydrogen) atoms. The molecule has 1 saturated heterocycles. The van der Waals surface area contributed by atoms with E-state index < -0.39 is 0 Å². The van der Waals surface area contributed by atoms with Crippen LogP contribution in [0.15, 0.2) is 48.5 Å². The molecule has 0 saturated carbocycles. The highest BCUT2D eigenvalue weighted by Crippen LogP contribution is 2.32. The first-order valence-corrected chi connectivity index (χ1v) is 10.4. The van der Waals surface area contributed by atoms with Gasteiger partial charge in [0, 0.05) is 24.6 Å². The van der Waals surface area contributed by atoms with E-state index in [1.165, 1.54) is 4.70 Å². The molecule has 0 bridgehead atoms. The van der Waals surface area contributed by atoms with Gasteiger partial charge in [-0.15, -0.1) is 11.3 Å². The molecule has 0 radical (unpaired) electrons. The molecule has 2 aromatic carbocycles. The van der Waals surface area contributed by atoms with Gasteiger partial charge >= 0.3 is 0 Å². The summed E-state index contributed by atoms with van der Waals surface area (Å²) in [6, 6.07) is 15.5.